The van der Waals surface area contributed by atoms with E-state index >= 15 is 0 Å². The molecule has 1 aromatic rings. The molecule has 0 aliphatic carbocycles. The molecule has 0 radical (unpaired) electrons. The molecule has 0 heterocycles. The molecular weight excluding hydrogens is 353 g/mol. The van der Waals surface area contributed by atoms with Crippen LogP contribution in [-0.4, -0.2) is 0 Å². The third-order valence-corrected chi connectivity index (χ3v) is 0.733. The van der Waals surface area contributed by atoms with Gasteiger partial charge in [-0.05, 0) is 0 Å². The first-order chi connectivity index (χ1) is 3.39. The predicted octanol–water partition coefficient (Wildman–Crippen LogP) is 1.07. The van der Waals surface area contributed by atoms with Gasteiger partial charge in [0.05, 0.1) is 0 Å². The van der Waals surface area contributed by atoms with Crippen LogP contribution in [0.3, 0.4) is 0 Å². The minimum Gasteiger partial charge on any atom is -0.420 e. The molecule has 0 saturated heterocycles. The molecule has 0 fully saturated rings. The summed E-state index contributed by atoms with van der Waals surface area (Å²) in [5, 5.41) is 0. The van der Waals surface area contributed by atoms with Crippen molar-refractivity contribution in [1.29, 1.82) is 0 Å². The van der Waals surface area contributed by atoms with E-state index < -0.39 is 0 Å². The summed E-state index contributed by atoms with van der Waals surface area (Å²) in [5.74, 6) is 0. The minimum atomic E-state index is 0. The average molecular weight is 359 g/mol. The van der Waals surface area contributed by atoms with Gasteiger partial charge in [0.1, 0.15) is 0 Å². The van der Waals surface area contributed by atoms with Crippen LogP contribution in [0.15, 0.2) is 24.3 Å². The molecule has 38 valence electrons. The van der Waals surface area contributed by atoms with Gasteiger partial charge in [0.25, 0.3) is 0 Å². The molecule has 1 rings (SSSR count). The summed E-state index contributed by atoms with van der Waals surface area (Å²) in [6, 6.07) is 10.2. The van der Waals surface area contributed by atoms with Gasteiger partial charge in [-0.25, -0.2) is 0 Å². The van der Waals surface area contributed by atoms with Crippen LogP contribution in [0.1, 0.15) is 0 Å². The summed E-state index contributed by atoms with van der Waals surface area (Å²) in [6.07, 6.45) is 0. The molecule has 8 heavy (non-hydrogen) atoms. The van der Waals surface area contributed by atoms with Crippen LogP contribution in [0, 0.1) is 6.07 Å². The second-order valence-electron chi connectivity index (χ2n) is 1.32. The van der Waals surface area contributed by atoms with Crippen molar-refractivity contribution >= 4 is 5.69 Å². The third-order valence-electron chi connectivity index (χ3n) is 0.733. The zero-order valence-corrected chi connectivity index (χ0v) is 11.0. The van der Waals surface area contributed by atoms with Crippen molar-refractivity contribution < 1.29 is 0 Å². The number of hydrogen-bond acceptors (Lipinski definition) is 1. The Labute approximate surface area is 42.8 Å². The Hall–Kier alpha value is -1.98. The van der Waals surface area contributed by atoms with Crippen LogP contribution >= 0.6 is 0 Å². The van der Waals surface area contributed by atoms with Crippen LogP contribution in [-0.2, 0) is 0 Å². The van der Waals surface area contributed by atoms with Gasteiger partial charge in [0.15, 0.2) is 0 Å². The molecular formula is C6H6NRf-. The van der Waals surface area contributed by atoms with Gasteiger partial charge in [0, 0.05) is 0 Å². The van der Waals surface area contributed by atoms with E-state index in [-0.39, 0.29) is 0 Å². The summed E-state index contributed by atoms with van der Waals surface area (Å²) in [5.41, 5.74) is 6.00. The number of nitrogens with two attached hydrogens (primary N) is 1. The normalized spacial score (nSPS) is 7.50. The van der Waals surface area contributed by atoms with E-state index in [1.54, 1.807) is 12.1 Å². The molecule has 2 heteroatoms. The van der Waals surface area contributed by atoms with Crippen LogP contribution in [0.5, 0.6) is 0 Å². The van der Waals surface area contributed by atoms with Crippen molar-refractivity contribution in [3.63, 3.8) is 0 Å². The number of benzene rings is 1. The maximum atomic E-state index is 5.30. The van der Waals surface area contributed by atoms with Crippen molar-refractivity contribution in [2.24, 2.45) is 0 Å². The van der Waals surface area contributed by atoms with Gasteiger partial charge in [-0.1, -0.05) is 5.69 Å². The summed E-state index contributed by atoms with van der Waals surface area (Å²) in [7, 11) is 0. The topological polar surface area (TPSA) is 26.0 Å². The largest absolute Gasteiger partial charge is 0.420 e. The van der Waals surface area contributed by atoms with Gasteiger partial charge >= 0.3 is 0 Å². The Morgan fingerprint density at radius 1 is 1.38 bits per heavy atom. The number of anilines is 1. The standard InChI is InChI=1S/C6H6N.Rf/c7-6-4-2-1-3-5-6;/h1-4H,7H2;/q-1;. The van der Waals surface area contributed by atoms with Crippen LogP contribution in [0.2, 0.25) is 0 Å². The van der Waals surface area contributed by atoms with Gasteiger partial charge in [-0.3, -0.25) is 0 Å². The molecule has 0 bridgehead atoms. The van der Waals surface area contributed by atoms with Crippen molar-refractivity contribution in [2.75, 3.05) is 5.73 Å². The summed E-state index contributed by atoms with van der Waals surface area (Å²) >= 11 is 0. The van der Waals surface area contributed by atoms with E-state index in [2.05, 4.69) is 6.07 Å². The molecule has 0 aliphatic rings. The first kappa shape index (κ1) is 6.02. The molecule has 1 aromatic carbocycles. The van der Waals surface area contributed by atoms with Crippen molar-refractivity contribution in [3.8, 4) is 0 Å². The van der Waals surface area contributed by atoms with Crippen LogP contribution < -0.4 is 5.73 Å². The van der Waals surface area contributed by atoms with E-state index in [9.17, 15) is 0 Å². The quantitative estimate of drug-likeness (QED) is 0.545. The fraction of sp³-hybridized carbons (Fsp3) is 0. The summed E-state index contributed by atoms with van der Waals surface area (Å²) in [4.78, 5) is 0. The van der Waals surface area contributed by atoms with E-state index in [1.165, 1.54) is 0 Å². The minimum absolute atomic E-state index is 0. The summed E-state index contributed by atoms with van der Waals surface area (Å²) < 4.78 is 0. The van der Waals surface area contributed by atoms with E-state index in [0.29, 0.717) is 5.69 Å². The molecule has 1 nitrogen and oxygen atoms in total. The number of para-hydroxylation sites is 1. The third kappa shape index (κ3) is 1.01. The summed E-state index contributed by atoms with van der Waals surface area (Å²) in [6.45, 7) is 0. The first-order valence-corrected chi connectivity index (χ1v) is 2.12. The van der Waals surface area contributed by atoms with Crippen molar-refractivity contribution in [3.05, 3.63) is 30.3 Å². The Morgan fingerprint density at radius 2 is 2.12 bits per heavy atom. The molecule has 0 atom stereocenters. The molecule has 0 saturated carbocycles. The Kier molecular flexibility index (Phi) is 1.68. The zero-order valence-electron chi connectivity index (χ0n) is 4.59. The van der Waals surface area contributed by atoms with Crippen LogP contribution in [0.25, 0.3) is 0 Å². The van der Waals surface area contributed by atoms with Crippen LogP contribution in [0.4, 0.5) is 5.69 Å². The number of rotatable bonds is 0. The fourth-order valence-corrected chi connectivity index (χ4v) is 0.407. The predicted molar refractivity (Wildman–Crippen MR) is 29.7 cm³/mol. The average Bonchev–Trinajstić information content (AvgIpc) is 1.69. The SMILES string of the molecule is Nc1[c-]cccc1.[Rf]. The van der Waals surface area contributed by atoms with E-state index in [4.69, 9.17) is 5.73 Å². The zero-order chi connectivity index (χ0) is 5.11. The maximum absolute atomic E-state index is 5.30. The van der Waals surface area contributed by atoms with Gasteiger partial charge in [0.2, 0.25) is 0 Å². The van der Waals surface area contributed by atoms with E-state index in [1.807, 2.05) is 12.1 Å². The monoisotopic (exact) mass is 359 g/mol. The number of hydrogen-bond donors (Lipinski definition) is 1. The number of nitrogen functional groups attached to an aromatic ring is 1. The van der Waals surface area contributed by atoms with Gasteiger partial charge in [-0.2, -0.15) is 24.3 Å². The molecule has 0 aromatic heterocycles. The van der Waals surface area contributed by atoms with E-state index in [0.717, 1.165) is 0 Å². The second kappa shape index (κ2) is 2.24. The van der Waals surface area contributed by atoms with Crippen molar-refractivity contribution in [2.45, 2.75) is 0 Å². The molecule has 0 spiro atoms. The Balaban J connectivity index is 0.000000490. The van der Waals surface area contributed by atoms with Gasteiger partial charge in [-0.15, -0.1) is 6.07 Å². The molecule has 2 N–H and O–H groups in total. The molecule has 0 amide bonds. The second-order valence-corrected chi connectivity index (χ2v) is 1.32. The smallest absolute Gasteiger partial charge is 0 e. The maximum Gasteiger partial charge on any atom is 0 e. The Bertz CT molecular complexity index is 138. The molecule has 0 unspecified atom stereocenters. The fourth-order valence-electron chi connectivity index (χ4n) is 0.407. The van der Waals surface area contributed by atoms with Gasteiger partial charge < -0.3 is 5.73 Å². The Morgan fingerprint density at radius 3 is 2.38 bits per heavy atom. The van der Waals surface area contributed by atoms with Crippen molar-refractivity contribution in [1.82, 2.24) is 0 Å². The first-order valence-electron chi connectivity index (χ1n) is 2.12. The molecule has 0 aliphatic heterocycles.